The molecule has 4 heteroatoms. The summed E-state index contributed by atoms with van der Waals surface area (Å²) in [7, 11) is 0. The monoisotopic (exact) mass is 147 g/mol. The summed E-state index contributed by atoms with van der Waals surface area (Å²) in [5, 5.41) is 0.840. The number of carbonyl (C=O) groups excluding carboxylic acids is 1. The lowest BCUT2D eigenvalue weighted by Crippen LogP contribution is -2.32. The van der Waals surface area contributed by atoms with Crippen molar-refractivity contribution in [2.45, 2.75) is 6.42 Å². The third-order valence-corrected chi connectivity index (χ3v) is 1.45. The Morgan fingerprint density at radius 3 is 3.27 bits per heavy atom. The van der Waals surface area contributed by atoms with Gasteiger partial charge in [-0.05, 0) is 0 Å². The average Bonchev–Trinajstić information content (AvgIpc) is 2.04. The molecule has 0 aliphatic carbocycles. The molecule has 2 rings (SSSR count). The second kappa shape index (κ2) is 2.23. The molecule has 0 bridgehead atoms. The highest BCUT2D eigenvalue weighted by Crippen LogP contribution is 1.86. The van der Waals surface area contributed by atoms with Gasteiger partial charge in [0.05, 0.1) is 0 Å². The van der Waals surface area contributed by atoms with Gasteiger partial charge in [-0.3, -0.25) is 4.79 Å². The fourth-order valence-electron chi connectivity index (χ4n) is 0.932. The third kappa shape index (κ3) is 1.02. The first-order valence-corrected chi connectivity index (χ1v) is 3.24. The van der Waals surface area contributed by atoms with Crippen LogP contribution >= 0.6 is 0 Å². The third-order valence-electron chi connectivity index (χ3n) is 1.45. The number of nitrogens with zero attached hydrogens (tertiary/aromatic N) is 3. The van der Waals surface area contributed by atoms with Crippen molar-refractivity contribution in [2.75, 3.05) is 0 Å². The molecule has 11 heavy (non-hydrogen) atoms. The summed E-state index contributed by atoms with van der Waals surface area (Å²) in [5.74, 6) is -0.142. The lowest BCUT2D eigenvalue weighted by atomic mass is 10.3. The Labute approximate surface area is 62.3 Å². The van der Waals surface area contributed by atoms with Gasteiger partial charge in [0.25, 0.3) is 5.91 Å². The minimum absolute atomic E-state index is 0.142. The number of carbonyl (C=O) groups is 1. The van der Waals surface area contributed by atoms with E-state index in [-0.39, 0.29) is 5.91 Å². The van der Waals surface area contributed by atoms with Crippen LogP contribution in [0.2, 0.25) is 0 Å². The van der Waals surface area contributed by atoms with Crippen LogP contribution in [0.25, 0.3) is 6.08 Å². The summed E-state index contributed by atoms with van der Waals surface area (Å²) in [5.41, 5.74) is 0.483. The largest absolute Gasteiger partial charge is 0.272 e. The molecule has 0 radical (unpaired) electrons. The first kappa shape index (κ1) is 6.15. The minimum atomic E-state index is -0.142. The summed E-state index contributed by atoms with van der Waals surface area (Å²) in [6.45, 7) is 0. The van der Waals surface area contributed by atoms with Crippen LogP contribution < -0.4 is 10.7 Å². The standard InChI is InChI=1S/C7H5N3O/c11-6-2-1-5-3-8-4-9-7(5)10-6/h1,3-4H,2H2. The van der Waals surface area contributed by atoms with Crippen LogP contribution in [0.4, 0.5) is 0 Å². The van der Waals surface area contributed by atoms with Crippen molar-refractivity contribution >= 4 is 12.0 Å². The average molecular weight is 147 g/mol. The molecule has 1 amide bonds. The topological polar surface area (TPSA) is 55.2 Å². The van der Waals surface area contributed by atoms with E-state index in [1.165, 1.54) is 6.33 Å². The molecule has 0 aromatic carbocycles. The summed E-state index contributed by atoms with van der Waals surface area (Å²) >= 11 is 0. The Morgan fingerprint density at radius 2 is 2.36 bits per heavy atom. The van der Waals surface area contributed by atoms with Gasteiger partial charge >= 0.3 is 0 Å². The van der Waals surface area contributed by atoms with E-state index in [2.05, 4.69) is 15.0 Å². The highest BCUT2D eigenvalue weighted by Gasteiger charge is 2.01. The highest BCUT2D eigenvalue weighted by atomic mass is 16.1. The molecule has 4 nitrogen and oxygen atoms in total. The molecule has 0 saturated carbocycles. The van der Waals surface area contributed by atoms with Crippen LogP contribution in [0.5, 0.6) is 0 Å². The van der Waals surface area contributed by atoms with Crippen molar-refractivity contribution < 1.29 is 4.79 Å². The first-order valence-electron chi connectivity index (χ1n) is 3.24. The first-order chi connectivity index (χ1) is 5.36. The van der Waals surface area contributed by atoms with Gasteiger partial charge in [-0.25, -0.2) is 9.97 Å². The maximum Gasteiger partial charge on any atom is 0.251 e. The van der Waals surface area contributed by atoms with E-state index < -0.39 is 0 Å². The van der Waals surface area contributed by atoms with Crippen molar-refractivity contribution in [2.24, 2.45) is 4.99 Å². The number of rotatable bonds is 0. The number of fused-ring (bicyclic) bond motifs is 1. The summed E-state index contributed by atoms with van der Waals surface area (Å²) < 4.78 is 0. The molecule has 2 heterocycles. The zero-order chi connectivity index (χ0) is 7.68. The summed E-state index contributed by atoms with van der Waals surface area (Å²) in [4.78, 5) is 22.1. The van der Waals surface area contributed by atoms with Crippen molar-refractivity contribution in [3.05, 3.63) is 23.2 Å². The van der Waals surface area contributed by atoms with Gasteiger partial charge in [-0.1, -0.05) is 6.08 Å². The van der Waals surface area contributed by atoms with E-state index in [1.54, 1.807) is 12.3 Å². The van der Waals surface area contributed by atoms with E-state index in [4.69, 9.17) is 0 Å². The molecule has 0 spiro atoms. The van der Waals surface area contributed by atoms with Gasteiger partial charge in [-0.15, -0.1) is 0 Å². The van der Waals surface area contributed by atoms with Crippen LogP contribution in [0.15, 0.2) is 17.5 Å². The maximum absolute atomic E-state index is 10.8. The van der Waals surface area contributed by atoms with E-state index >= 15 is 0 Å². The molecule has 1 aromatic rings. The van der Waals surface area contributed by atoms with Crippen molar-refractivity contribution in [1.82, 2.24) is 9.97 Å². The van der Waals surface area contributed by atoms with E-state index in [0.29, 0.717) is 11.9 Å². The Balaban J connectivity index is 2.83. The van der Waals surface area contributed by atoms with Gasteiger partial charge in [0, 0.05) is 17.8 Å². The summed E-state index contributed by atoms with van der Waals surface area (Å²) in [6.07, 6.45) is 5.18. The number of aromatic nitrogens is 2. The predicted molar refractivity (Wildman–Crippen MR) is 36.9 cm³/mol. The minimum Gasteiger partial charge on any atom is -0.272 e. The molecular weight excluding hydrogens is 142 g/mol. The number of amides is 1. The molecule has 0 atom stereocenters. The van der Waals surface area contributed by atoms with Crippen LogP contribution in [-0.4, -0.2) is 15.9 Å². The van der Waals surface area contributed by atoms with Crippen molar-refractivity contribution in [3.8, 4) is 0 Å². The van der Waals surface area contributed by atoms with E-state index in [1.807, 2.05) is 0 Å². The van der Waals surface area contributed by atoms with E-state index in [9.17, 15) is 4.79 Å². The SMILES string of the molecule is O=C1CC=c2cncnc2=N1. The Morgan fingerprint density at radius 1 is 1.45 bits per heavy atom. The second-order valence-corrected chi connectivity index (χ2v) is 2.22. The molecule has 54 valence electrons. The van der Waals surface area contributed by atoms with Gasteiger partial charge < -0.3 is 0 Å². The Kier molecular flexibility index (Phi) is 1.25. The number of hydrogen-bond donors (Lipinski definition) is 0. The highest BCUT2D eigenvalue weighted by molar-refractivity contribution is 5.82. The van der Waals surface area contributed by atoms with Gasteiger partial charge in [0.15, 0.2) is 5.49 Å². The zero-order valence-electron chi connectivity index (χ0n) is 5.69. The van der Waals surface area contributed by atoms with Gasteiger partial charge in [0.1, 0.15) is 6.33 Å². The molecule has 1 aliphatic rings. The quantitative estimate of drug-likeness (QED) is 0.463. The Hall–Kier alpha value is -1.58. The predicted octanol–water partition coefficient (Wildman–Crippen LogP) is -1.19. The normalized spacial score (nSPS) is 14.7. The molecule has 0 N–H and O–H groups in total. The zero-order valence-corrected chi connectivity index (χ0v) is 5.69. The molecule has 0 fully saturated rings. The van der Waals surface area contributed by atoms with Gasteiger partial charge in [-0.2, -0.15) is 4.99 Å². The smallest absolute Gasteiger partial charge is 0.251 e. The molecule has 0 unspecified atom stereocenters. The molecular formula is C7H5N3O. The maximum atomic E-state index is 10.8. The van der Waals surface area contributed by atoms with E-state index in [0.717, 1.165) is 5.22 Å². The fraction of sp³-hybridized carbons (Fsp3) is 0.143. The molecule has 1 aromatic heterocycles. The van der Waals surface area contributed by atoms with Crippen LogP contribution in [0.3, 0.4) is 0 Å². The fourth-order valence-corrected chi connectivity index (χ4v) is 0.932. The van der Waals surface area contributed by atoms with Crippen molar-refractivity contribution in [1.29, 1.82) is 0 Å². The lowest BCUT2D eigenvalue weighted by molar-refractivity contribution is -0.117. The molecule has 1 aliphatic heterocycles. The van der Waals surface area contributed by atoms with Crippen molar-refractivity contribution in [3.63, 3.8) is 0 Å². The summed E-state index contributed by atoms with van der Waals surface area (Å²) in [6, 6.07) is 0. The molecule has 0 saturated heterocycles. The second-order valence-electron chi connectivity index (χ2n) is 2.22. The Bertz CT molecular complexity index is 410. The number of hydrogen-bond acceptors (Lipinski definition) is 3. The van der Waals surface area contributed by atoms with Gasteiger partial charge in [0.2, 0.25) is 0 Å². The lowest BCUT2D eigenvalue weighted by Gasteiger charge is -1.94. The van der Waals surface area contributed by atoms with Crippen LogP contribution in [-0.2, 0) is 4.79 Å². The van der Waals surface area contributed by atoms with Crippen LogP contribution in [0, 0.1) is 0 Å². The van der Waals surface area contributed by atoms with Crippen LogP contribution in [0.1, 0.15) is 6.42 Å².